The van der Waals surface area contributed by atoms with E-state index in [2.05, 4.69) is 11.1 Å². The fourth-order valence-electron chi connectivity index (χ4n) is 0.983. The number of hydrogen-bond acceptors (Lipinski definition) is 4. The van der Waals surface area contributed by atoms with Crippen molar-refractivity contribution in [3.8, 4) is 0 Å². The minimum absolute atomic E-state index is 1.06. The molecule has 2 nitrogen and oxygen atoms in total. The second-order valence-corrected chi connectivity index (χ2v) is 4.09. The summed E-state index contributed by atoms with van der Waals surface area (Å²) in [7, 11) is 1.67. The monoisotopic (exact) mass is 197 g/mol. The average molecular weight is 197 g/mol. The molecule has 0 aliphatic carbocycles. The van der Waals surface area contributed by atoms with Crippen LogP contribution in [0.15, 0.2) is 28.6 Å². The van der Waals surface area contributed by atoms with Crippen LogP contribution in [0.25, 0.3) is 10.2 Å². The van der Waals surface area contributed by atoms with Gasteiger partial charge in [-0.15, -0.1) is 11.3 Å². The lowest BCUT2D eigenvalue weighted by molar-refractivity contribution is 0.490. The van der Waals surface area contributed by atoms with Crippen LogP contribution in [-0.4, -0.2) is 12.1 Å². The highest BCUT2D eigenvalue weighted by atomic mass is 32.2. The average Bonchev–Trinajstić information content (AvgIpc) is 2.51. The largest absolute Gasteiger partial charge is 0.314 e. The van der Waals surface area contributed by atoms with Gasteiger partial charge in [-0.1, -0.05) is 0 Å². The van der Waals surface area contributed by atoms with E-state index in [0.29, 0.717) is 0 Å². The number of thiazole rings is 1. The third kappa shape index (κ3) is 1.46. The molecule has 0 atom stereocenters. The summed E-state index contributed by atoms with van der Waals surface area (Å²) < 4.78 is 6.16. The summed E-state index contributed by atoms with van der Waals surface area (Å²) in [6, 6.07) is 6.10. The molecule has 1 heterocycles. The second kappa shape index (κ2) is 3.43. The summed E-state index contributed by atoms with van der Waals surface area (Å²) in [4.78, 5) is 5.31. The number of rotatable bonds is 2. The quantitative estimate of drug-likeness (QED) is 0.691. The summed E-state index contributed by atoms with van der Waals surface area (Å²) in [5, 5.41) is 0. The molecule has 12 heavy (non-hydrogen) atoms. The molecule has 0 amide bonds. The molecule has 0 bridgehead atoms. The summed E-state index contributed by atoms with van der Waals surface area (Å²) in [5.41, 5.74) is 2.91. The van der Waals surface area contributed by atoms with E-state index in [1.807, 2.05) is 17.6 Å². The lowest BCUT2D eigenvalue weighted by Gasteiger charge is -1.95. The van der Waals surface area contributed by atoms with Crippen LogP contribution in [0.4, 0.5) is 0 Å². The lowest BCUT2D eigenvalue weighted by atomic mass is 10.3. The first-order valence-electron chi connectivity index (χ1n) is 3.44. The predicted molar refractivity (Wildman–Crippen MR) is 52.5 cm³/mol. The van der Waals surface area contributed by atoms with E-state index >= 15 is 0 Å². The highest BCUT2D eigenvalue weighted by Gasteiger charge is 1.98. The maximum absolute atomic E-state index is 4.95. The summed E-state index contributed by atoms with van der Waals surface area (Å²) in [6.07, 6.45) is 0. The second-order valence-electron chi connectivity index (χ2n) is 2.23. The van der Waals surface area contributed by atoms with Crippen LogP contribution < -0.4 is 0 Å². The molecule has 0 saturated carbocycles. The van der Waals surface area contributed by atoms with Crippen LogP contribution in [-0.2, 0) is 4.18 Å². The SMILES string of the molecule is COSc1ccc2ncsc2c1. The lowest BCUT2D eigenvalue weighted by Crippen LogP contribution is -1.72. The number of aromatic nitrogens is 1. The molecule has 0 radical (unpaired) electrons. The molecule has 0 fully saturated rings. The maximum Gasteiger partial charge on any atom is 0.0812 e. The molecule has 0 spiro atoms. The van der Waals surface area contributed by atoms with Crippen LogP contribution in [0, 0.1) is 0 Å². The summed E-state index contributed by atoms with van der Waals surface area (Å²) in [5.74, 6) is 0. The zero-order chi connectivity index (χ0) is 8.39. The first kappa shape index (κ1) is 8.04. The van der Waals surface area contributed by atoms with Crippen molar-refractivity contribution in [3.63, 3.8) is 0 Å². The molecule has 0 saturated heterocycles. The molecule has 0 N–H and O–H groups in total. The Morgan fingerprint density at radius 1 is 1.50 bits per heavy atom. The van der Waals surface area contributed by atoms with E-state index in [1.165, 1.54) is 16.7 Å². The van der Waals surface area contributed by atoms with Crippen LogP contribution in [0.2, 0.25) is 0 Å². The van der Waals surface area contributed by atoms with Gasteiger partial charge in [0.2, 0.25) is 0 Å². The van der Waals surface area contributed by atoms with Crippen molar-refractivity contribution >= 4 is 33.6 Å². The first-order valence-corrected chi connectivity index (χ1v) is 5.06. The van der Waals surface area contributed by atoms with Crippen molar-refractivity contribution in [2.75, 3.05) is 7.11 Å². The zero-order valence-electron chi connectivity index (χ0n) is 6.48. The Morgan fingerprint density at radius 3 is 3.25 bits per heavy atom. The number of hydrogen-bond donors (Lipinski definition) is 0. The van der Waals surface area contributed by atoms with E-state index in [4.69, 9.17) is 4.18 Å². The Kier molecular flexibility index (Phi) is 2.30. The Balaban J connectivity index is 2.46. The molecular weight excluding hydrogens is 190 g/mol. The third-order valence-corrected chi connectivity index (χ3v) is 2.89. The molecule has 2 rings (SSSR count). The summed E-state index contributed by atoms with van der Waals surface area (Å²) >= 11 is 3.02. The molecule has 0 unspecified atom stereocenters. The molecule has 62 valence electrons. The van der Waals surface area contributed by atoms with Crippen molar-refractivity contribution in [2.24, 2.45) is 0 Å². The third-order valence-electron chi connectivity index (χ3n) is 1.48. The standard InChI is InChI=1S/C8H7NOS2/c1-10-12-6-2-3-7-8(4-6)11-5-9-7/h2-5H,1H3. The normalized spacial score (nSPS) is 10.8. The van der Waals surface area contributed by atoms with Crippen molar-refractivity contribution in [2.45, 2.75) is 4.90 Å². The van der Waals surface area contributed by atoms with Gasteiger partial charge in [-0.2, -0.15) is 0 Å². The molecule has 4 heteroatoms. The van der Waals surface area contributed by atoms with Gasteiger partial charge >= 0.3 is 0 Å². The molecule has 0 aliphatic rings. The van der Waals surface area contributed by atoms with Gasteiger partial charge in [0.05, 0.1) is 22.8 Å². The molecule has 2 aromatic rings. The highest BCUT2D eigenvalue weighted by molar-refractivity contribution is 7.94. The Hall–Kier alpha value is -0.580. The van der Waals surface area contributed by atoms with Crippen LogP contribution in [0.1, 0.15) is 0 Å². The topological polar surface area (TPSA) is 22.1 Å². The predicted octanol–water partition coefficient (Wildman–Crippen LogP) is 2.95. The molecule has 1 aromatic carbocycles. The van der Waals surface area contributed by atoms with Crippen LogP contribution in [0.5, 0.6) is 0 Å². The van der Waals surface area contributed by atoms with E-state index in [1.54, 1.807) is 18.4 Å². The summed E-state index contributed by atoms with van der Waals surface area (Å²) in [6.45, 7) is 0. The van der Waals surface area contributed by atoms with Crippen molar-refractivity contribution < 1.29 is 4.18 Å². The minimum atomic E-state index is 1.06. The van der Waals surface area contributed by atoms with Gasteiger partial charge in [0.15, 0.2) is 0 Å². The van der Waals surface area contributed by atoms with E-state index in [9.17, 15) is 0 Å². The number of nitrogens with zero attached hydrogens (tertiary/aromatic N) is 1. The van der Waals surface area contributed by atoms with E-state index in [-0.39, 0.29) is 0 Å². The fourth-order valence-corrected chi connectivity index (χ4v) is 2.26. The Bertz CT molecular complexity index is 385. The highest BCUT2D eigenvalue weighted by Crippen LogP contribution is 2.25. The van der Waals surface area contributed by atoms with E-state index in [0.717, 1.165) is 10.4 Å². The van der Waals surface area contributed by atoms with Crippen LogP contribution >= 0.6 is 23.4 Å². The van der Waals surface area contributed by atoms with E-state index < -0.39 is 0 Å². The van der Waals surface area contributed by atoms with Crippen LogP contribution in [0.3, 0.4) is 0 Å². The van der Waals surface area contributed by atoms with Crippen molar-refractivity contribution in [3.05, 3.63) is 23.7 Å². The first-order chi connectivity index (χ1) is 5.90. The minimum Gasteiger partial charge on any atom is -0.314 e. The fraction of sp³-hybridized carbons (Fsp3) is 0.125. The smallest absolute Gasteiger partial charge is 0.0812 e. The maximum atomic E-state index is 4.95. The van der Waals surface area contributed by atoms with Gasteiger partial charge in [0, 0.05) is 16.9 Å². The Morgan fingerprint density at radius 2 is 2.42 bits per heavy atom. The van der Waals surface area contributed by atoms with Gasteiger partial charge in [-0.3, -0.25) is 0 Å². The van der Waals surface area contributed by atoms with Crippen molar-refractivity contribution in [1.82, 2.24) is 4.98 Å². The molecule has 1 aromatic heterocycles. The Labute approximate surface area is 78.8 Å². The number of fused-ring (bicyclic) bond motifs is 1. The van der Waals surface area contributed by atoms with Crippen molar-refractivity contribution in [1.29, 1.82) is 0 Å². The van der Waals surface area contributed by atoms with Gasteiger partial charge < -0.3 is 4.18 Å². The van der Waals surface area contributed by atoms with Gasteiger partial charge in [0.25, 0.3) is 0 Å². The van der Waals surface area contributed by atoms with Gasteiger partial charge in [-0.05, 0) is 18.2 Å². The zero-order valence-corrected chi connectivity index (χ0v) is 8.11. The molecule has 0 aliphatic heterocycles. The molecular formula is C8H7NOS2. The van der Waals surface area contributed by atoms with Gasteiger partial charge in [-0.25, -0.2) is 4.98 Å². The number of benzene rings is 1. The van der Waals surface area contributed by atoms with Gasteiger partial charge in [0.1, 0.15) is 0 Å².